The molecule has 2 amide bonds. The Morgan fingerprint density at radius 3 is 2.65 bits per heavy atom. The molecule has 7 nitrogen and oxygen atoms in total. The van der Waals surface area contributed by atoms with Gasteiger partial charge in [0.15, 0.2) is 5.78 Å². The molecule has 3 aromatic rings. The van der Waals surface area contributed by atoms with E-state index < -0.39 is 6.03 Å². The average molecular weight is 350 g/mol. The number of hydrogen-bond donors (Lipinski definition) is 2. The smallest absolute Gasteiger partial charge is 0.323 e. The molecular weight excluding hydrogens is 332 g/mol. The summed E-state index contributed by atoms with van der Waals surface area (Å²) in [6.45, 7) is 3.29. The Labute approximate surface area is 150 Å². The predicted octanol–water partition coefficient (Wildman–Crippen LogP) is 3.79. The number of methoxy groups -OCH3 is 1. The van der Waals surface area contributed by atoms with Crippen molar-refractivity contribution in [3.63, 3.8) is 0 Å². The number of aryl methyl sites for hydroxylation is 1. The number of ether oxygens (including phenoxy) is 1. The topological polar surface area (TPSA) is 93.2 Å². The van der Waals surface area contributed by atoms with Crippen LogP contribution in [0.3, 0.4) is 0 Å². The molecule has 0 aliphatic heterocycles. The van der Waals surface area contributed by atoms with Gasteiger partial charge in [0.2, 0.25) is 0 Å². The maximum absolute atomic E-state index is 12.4. The lowest BCUT2D eigenvalue weighted by Gasteiger charge is -2.12. The number of anilines is 2. The number of Topliss-reactive ketones (excluding diaryl/α,β-unsaturated/α-hetero) is 1. The van der Waals surface area contributed by atoms with E-state index in [9.17, 15) is 9.59 Å². The summed E-state index contributed by atoms with van der Waals surface area (Å²) in [4.78, 5) is 32.8. The third-order valence-electron chi connectivity index (χ3n) is 3.78. The van der Waals surface area contributed by atoms with Gasteiger partial charge in [0.25, 0.3) is 0 Å². The van der Waals surface area contributed by atoms with E-state index in [0.29, 0.717) is 33.7 Å². The van der Waals surface area contributed by atoms with Gasteiger partial charge in [-0.25, -0.2) is 4.79 Å². The second-order valence-corrected chi connectivity index (χ2v) is 5.73. The van der Waals surface area contributed by atoms with Gasteiger partial charge in [0.05, 0.1) is 23.9 Å². The first kappa shape index (κ1) is 17.3. The second-order valence-electron chi connectivity index (χ2n) is 5.73. The van der Waals surface area contributed by atoms with Crippen LogP contribution in [0, 0.1) is 6.92 Å². The molecule has 7 heteroatoms. The number of carbonyl (C=O) groups excluding carboxylic acids is 2. The molecule has 3 rings (SSSR count). The third kappa shape index (κ3) is 3.61. The van der Waals surface area contributed by atoms with E-state index in [4.69, 9.17) is 4.74 Å². The van der Waals surface area contributed by atoms with Crippen molar-refractivity contribution in [3.05, 3.63) is 53.9 Å². The number of benzene rings is 1. The maximum atomic E-state index is 12.4. The third-order valence-corrected chi connectivity index (χ3v) is 3.78. The van der Waals surface area contributed by atoms with Crippen LogP contribution >= 0.6 is 0 Å². The summed E-state index contributed by atoms with van der Waals surface area (Å²) in [6.07, 6.45) is 1.64. The van der Waals surface area contributed by atoms with E-state index in [0.717, 1.165) is 5.69 Å². The van der Waals surface area contributed by atoms with E-state index in [1.165, 1.54) is 14.0 Å². The van der Waals surface area contributed by atoms with Gasteiger partial charge in [0.1, 0.15) is 11.3 Å². The van der Waals surface area contributed by atoms with E-state index >= 15 is 0 Å². The molecule has 26 heavy (non-hydrogen) atoms. The molecule has 0 saturated heterocycles. The largest absolute Gasteiger partial charge is 0.496 e. The molecule has 2 heterocycles. The van der Waals surface area contributed by atoms with Crippen LogP contribution < -0.4 is 15.4 Å². The predicted molar refractivity (Wildman–Crippen MR) is 99.9 cm³/mol. The quantitative estimate of drug-likeness (QED) is 0.698. The maximum Gasteiger partial charge on any atom is 0.323 e. The second kappa shape index (κ2) is 7.18. The van der Waals surface area contributed by atoms with Gasteiger partial charge >= 0.3 is 6.03 Å². The zero-order valence-corrected chi connectivity index (χ0v) is 14.7. The van der Waals surface area contributed by atoms with Crippen LogP contribution in [0.5, 0.6) is 5.75 Å². The first-order chi connectivity index (χ1) is 12.5. The summed E-state index contributed by atoms with van der Waals surface area (Å²) in [7, 11) is 1.49. The molecule has 0 spiro atoms. The van der Waals surface area contributed by atoms with Gasteiger partial charge in [-0.15, -0.1) is 0 Å². The highest BCUT2D eigenvalue weighted by atomic mass is 16.5. The van der Waals surface area contributed by atoms with Gasteiger partial charge in [-0.3, -0.25) is 14.8 Å². The highest BCUT2D eigenvalue weighted by molar-refractivity contribution is 6.05. The summed E-state index contributed by atoms with van der Waals surface area (Å²) in [5.74, 6) is 0.314. The minimum atomic E-state index is -0.442. The number of hydrogen-bond acceptors (Lipinski definition) is 5. The number of carbonyl (C=O) groups is 2. The number of nitrogens with zero attached hydrogens (tertiary/aromatic N) is 2. The van der Waals surface area contributed by atoms with Gasteiger partial charge in [-0.2, -0.15) is 0 Å². The number of urea groups is 1. The van der Waals surface area contributed by atoms with Crippen molar-refractivity contribution in [3.8, 4) is 5.75 Å². The number of rotatable bonds is 4. The van der Waals surface area contributed by atoms with Crippen LogP contribution in [0.1, 0.15) is 23.0 Å². The van der Waals surface area contributed by atoms with Crippen molar-refractivity contribution in [2.75, 3.05) is 17.7 Å². The summed E-state index contributed by atoms with van der Waals surface area (Å²) >= 11 is 0. The lowest BCUT2D eigenvalue weighted by molar-refractivity contribution is 0.101. The van der Waals surface area contributed by atoms with Crippen molar-refractivity contribution >= 4 is 34.2 Å². The van der Waals surface area contributed by atoms with Crippen LogP contribution in [0.15, 0.2) is 42.6 Å². The Bertz CT molecular complexity index is 1000. The van der Waals surface area contributed by atoms with E-state index in [2.05, 4.69) is 20.6 Å². The molecule has 0 bridgehead atoms. The van der Waals surface area contributed by atoms with Crippen molar-refractivity contribution in [1.29, 1.82) is 0 Å². The van der Waals surface area contributed by atoms with Crippen molar-refractivity contribution in [1.82, 2.24) is 9.97 Å². The molecule has 0 saturated carbocycles. The average Bonchev–Trinajstić information content (AvgIpc) is 2.61. The number of fused-ring (bicyclic) bond motifs is 1. The van der Waals surface area contributed by atoms with Gasteiger partial charge in [-0.1, -0.05) is 0 Å². The van der Waals surface area contributed by atoms with Crippen LogP contribution in [-0.2, 0) is 0 Å². The molecule has 2 N–H and O–H groups in total. The summed E-state index contributed by atoms with van der Waals surface area (Å²) in [6, 6.07) is 9.82. The lowest BCUT2D eigenvalue weighted by Crippen LogP contribution is -2.20. The zero-order valence-electron chi connectivity index (χ0n) is 14.7. The van der Waals surface area contributed by atoms with Crippen molar-refractivity contribution in [2.24, 2.45) is 0 Å². The Hall–Kier alpha value is -3.48. The number of pyridine rings is 2. The Morgan fingerprint density at radius 1 is 1.12 bits per heavy atom. The SMILES string of the molecule is COc1ccc(NC(=O)Nc2cc(C)nc3cccnc23)cc1C(C)=O. The first-order valence-electron chi connectivity index (χ1n) is 7.97. The minimum absolute atomic E-state index is 0.147. The summed E-state index contributed by atoms with van der Waals surface area (Å²) in [5, 5.41) is 5.50. The van der Waals surface area contributed by atoms with Gasteiger partial charge in [0, 0.05) is 17.6 Å². The summed E-state index contributed by atoms with van der Waals surface area (Å²) < 4.78 is 5.16. The molecule has 2 aromatic heterocycles. The monoisotopic (exact) mass is 350 g/mol. The standard InChI is InChI=1S/C19H18N4O3/c1-11-9-16(18-15(21-11)5-4-8-20-18)23-19(25)22-13-6-7-17(26-3)14(10-13)12(2)24/h4-10H,1-3H3,(H2,21,22,23,25). The minimum Gasteiger partial charge on any atom is -0.496 e. The molecule has 0 atom stereocenters. The Kier molecular flexibility index (Phi) is 4.79. The highest BCUT2D eigenvalue weighted by Crippen LogP contribution is 2.24. The normalized spacial score (nSPS) is 10.4. The zero-order chi connectivity index (χ0) is 18.7. The summed E-state index contributed by atoms with van der Waals surface area (Å²) in [5.41, 5.74) is 3.52. The first-order valence-corrected chi connectivity index (χ1v) is 7.97. The molecule has 132 valence electrons. The van der Waals surface area contributed by atoms with Crippen LogP contribution in [0.4, 0.5) is 16.2 Å². The van der Waals surface area contributed by atoms with Crippen LogP contribution in [0.25, 0.3) is 11.0 Å². The van der Waals surface area contributed by atoms with Gasteiger partial charge in [-0.05, 0) is 50.2 Å². The molecule has 0 fully saturated rings. The Balaban J connectivity index is 1.84. The van der Waals surface area contributed by atoms with E-state index in [1.54, 1.807) is 36.5 Å². The Morgan fingerprint density at radius 2 is 1.92 bits per heavy atom. The van der Waals surface area contributed by atoms with E-state index in [-0.39, 0.29) is 5.78 Å². The molecule has 0 unspecified atom stereocenters. The fourth-order valence-electron chi connectivity index (χ4n) is 2.63. The van der Waals surface area contributed by atoms with Crippen LogP contribution in [0.2, 0.25) is 0 Å². The number of amides is 2. The molecule has 0 aliphatic carbocycles. The van der Waals surface area contributed by atoms with Crippen molar-refractivity contribution in [2.45, 2.75) is 13.8 Å². The number of aromatic nitrogens is 2. The van der Waals surface area contributed by atoms with Crippen LogP contribution in [-0.4, -0.2) is 28.9 Å². The van der Waals surface area contributed by atoms with Gasteiger partial charge < -0.3 is 15.4 Å². The number of ketones is 1. The molecular formula is C19H18N4O3. The highest BCUT2D eigenvalue weighted by Gasteiger charge is 2.12. The lowest BCUT2D eigenvalue weighted by atomic mass is 10.1. The fraction of sp³-hybridized carbons (Fsp3) is 0.158. The molecule has 1 aromatic carbocycles. The number of nitrogens with one attached hydrogen (secondary N) is 2. The molecule has 0 aliphatic rings. The van der Waals surface area contributed by atoms with E-state index in [1.807, 2.05) is 13.0 Å². The molecule has 0 radical (unpaired) electrons. The fourth-order valence-corrected chi connectivity index (χ4v) is 2.63. The van der Waals surface area contributed by atoms with Crippen molar-refractivity contribution < 1.29 is 14.3 Å².